The van der Waals surface area contributed by atoms with Gasteiger partial charge in [0.1, 0.15) is 0 Å². The van der Waals surface area contributed by atoms with Crippen LogP contribution < -0.4 is 10.6 Å². The van der Waals surface area contributed by atoms with Crippen LogP contribution in [-0.2, 0) is 4.79 Å². The minimum Gasteiger partial charge on any atom is -0.481 e. The predicted molar refractivity (Wildman–Crippen MR) is 73.1 cm³/mol. The highest BCUT2D eigenvalue weighted by atomic mass is 16.4. The molecule has 110 valence electrons. The summed E-state index contributed by atoms with van der Waals surface area (Å²) >= 11 is 0. The van der Waals surface area contributed by atoms with Crippen molar-refractivity contribution >= 4 is 12.0 Å². The van der Waals surface area contributed by atoms with Gasteiger partial charge in [-0.15, -0.1) is 0 Å². The first-order chi connectivity index (χ1) is 9.08. The summed E-state index contributed by atoms with van der Waals surface area (Å²) < 4.78 is 0. The number of carbonyl (C=O) groups excluding carboxylic acids is 1. The number of amides is 2. The summed E-state index contributed by atoms with van der Waals surface area (Å²) in [7, 11) is 0. The molecule has 3 N–H and O–H groups in total. The summed E-state index contributed by atoms with van der Waals surface area (Å²) in [5.74, 6) is -0.878. The largest absolute Gasteiger partial charge is 0.481 e. The van der Waals surface area contributed by atoms with Gasteiger partial charge in [-0.05, 0) is 39.3 Å². The maximum Gasteiger partial charge on any atom is 0.317 e. The van der Waals surface area contributed by atoms with Crippen molar-refractivity contribution in [2.45, 2.75) is 51.6 Å². The molecule has 1 saturated heterocycles. The first kappa shape index (κ1) is 15.8. The van der Waals surface area contributed by atoms with Crippen LogP contribution in [0.3, 0.4) is 0 Å². The summed E-state index contributed by atoms with van der Waals surface area (Å²) in [5.41, 5.74) is 0. The van der Waals surface area contributed by atoms with Crippen molar-refractivity contribution in [2.75, 3.05) is 19.6 Å². The maximum atomic E-state index is 12.2. The van der Waals surface area contributed by atoms with Gasteiger partial charge in [-0.2, -0.15) is 0 Å². The zero-order valence-corrected chi connectivity index (χ0v) is 11.8. The number of aliphatic carboxylic acids is 1. The number of carboxylic acids is 1. The molecule has 0 aromatic rings. The molecule has 1 aliphatic heterocycles. The predicted octanol–water partition coefficient (Wildman–Crippen LogP) is 1.02. The average Bonchev–Trinajstić information content (AvgIpc) is 2.39. The number of rotatable bonds is 6. The zero-order valence-electron chi connectivity index (χ0n) is 11.8. The van der Waals surface area contributed by atoms with Crippen molar-refractivity contribution < 1.29 is 14.7 Å². The van der Waals surface area contributed by atoms with Gasteiger partial charge in [0, 0.05) is 18.6 Å². The number of hydrogen-bond acceptors (Lipinski definition) is 3. The molecule has 1 heterocycles. The summed E-state index contributed by atoms with van der Waals surface area (Å²) in [6.07, 6.45) is 2.52. The third-order valence-corrected chi connectivity index (χ3v) is 3.59. The molecule has 0 saturated carbocycles. The van der Waals surface area contributed by atoms with Crippen molar-refractivity contribution in [1.82, 2.24) is 15.5 Å². The Bertz CT molecular complexity index is 304. The van der Waals surface area contributed by atoms with Gasteiger partial charge in [0.25, 0.3) is 0 Å². The van der Waals surface area contributed by atoms with E-state index in [9.17, 15) is 9.59 Å². The van der Waals surface area contributed by atoms with Crippen LogP contribution in [-0.4, -0.2) is 53.7 Å². The van der Waals surface area contributed by atoms with Crippen LogP contribution in [0.1, 0.15) is 39.5 Å². The summed E-state index contributed by atoms with van der Waals surface area (Å²) in [4.78, 5) is 24.8. The number of urea groups is 1. The molecular formula is C13H25N3O3. The lowest BCUT2D eigenvalue weighted by atomic mass is 10.1. The fourth-order valence-electron chi connectivity index (χ4n) is 2.45. The van der Waals surface area contributed by atoms with Gasteiger partial charge in [0.15, 0.2) is 0 Å². The van der Waals surface area contributed by atoms with E-state index in [-0.39, 0.29) is 24.5 Å². The number of carbonyl (C=O) groups is 2. The fourth-order valence-corrected chi connectivity index (χ4v) is 2.45. The van der Waals surface area contributed by atoms with Gasteiger partial charge in [-0.1, -0.05) is 6.92 Å². The Hall–Kier alpha value is -1.30. The molecule has 1 fully saturated rings. The quantitative estimate of drug-likeness (QED) is 0.674. The molecular weight excluding hydrogens is 246 g/mol. The summed E-state index contributed by atoms with van der Waals surface area (Å²) in [6.45, 7) is 6.36. The molecule has 2 amide bonds. The second-order valence-corrected chi connectivity index (χ2v) is 4.92. The van der Waals surface area contributed by atoms with Gasteiger partial charge in [0.2, 0.25) is 0 Å². The zero-order chi connectivity index (χ0) is 14.3. The van der Waals surface area contributed by atoms with E-state index in [1.165, 1.54) is 0 Å². The van der Waals surface area contributed by atoms with Crippen LogP contribution in [0.4, 0.5) is 4.79 Å². The molecule has 6 heteroatoms. The van der Waals surface area contributed by atoms with Crippen LogP contribution in [0.25, 0.3) is 0 Å². The van der Waals surface area contributed by atoms with Crippen LogP contribution in [0.2, 0.25) is 0 Å². The van der Waals surface area contributed by atoms with Gasteiger partial charge in [0.05, 0.1) is 6.42 Å². The molecule has 1 unspecified atom stereocenters. The second-order valence-electron chi connectivity index (χ2n) is 4.92. The lowest BCUT2D eigenvalue weighted by Crippen LogP contribution is -2.52. The summed E-state index contributed by atoms with van der Waals surface area (Å²) in [6, 6.07) is -0.170. The first-order valence-electron chi connectivity index (χ1n) is 7.08. The third kappa shape index (κ3) is 5.06. The maximum absolute atomic E-state index is 12.2. The van der Waals surface area contributed by atoms with Crippen LogP contribution in [0.15, 0.2) is 0 Å². The van der Waals surface area contributed by atoms with E-state index in [4.69, 9.17) is 5.11 Å². The molecule has 1 aliphatic rings. The molecule has 0 bridgehead atoms. The van der Waals surface area contributed by atoms with Gasteiger partial charge in [-0.3, -0.25) is 4.79 Å². The molecule has 1 atom stereocenters. The molecule has 0 aromatic heterocycles. The van der Waals surface area contributed by atoms with Crippen LogP contribution >= 0.6 is 0 Å². The minimum absolute atomic E-state index is 0.0218. The number of piperidine rings is 1. The summed E-state index contributed by atoms with van der Waals surface area (Å²) in [5, 5.41) is 14.9. The number of nitrogens with one attached hydrogen (secondary N) is 2. The van der Waals surface area contributed by atoms with E-state index in [0.29, 0.717) is 13.0 Å². The van der Waals surface area contributed by atoms with Gasteiger partial charge in [-0.25, -0.2) is 4.79 Å². The van der Waals surface area contributed by atoms with E-state index < -0.39 is 5.97 Å². The highest BCUT2D eigenvalue weighted by Crippen LogP contribution is 2.12. The molecule has 0 aromatic carbocycles. The van der Waals surface area contributed by atoms with Crippen molar-refractivity contribution in [3.63, 3.8) is 0 Å². The average molecular weight is 271 g/mol. The molecule has 0 spiro atoms. The molecule has 0 aliphatic carbocycles. The van der Waals surface area contributed by atoms with Crippen molar-refractivity contribution in [1.29, 1.82) is 0 Å². The number of nitrogens with zero attached hydrogens (tertiary/aromatic N) is 1. The smallest absolute Gasteiger partial charge is 0.317 e. The van der Waals surface area contributed by atoms with Gasteiger partial charge < -0.3 is 20.6 Å². The van der Waals surface area contributed by atoms with Crippen LogP contribution in [0.5, 0.6) is 0 Å². The highest BCUT2D eigenvalue weighted by molar-refractivity contribution is 5.76. The van der Waals surface area contributed by atoms with Gasteiger partial charge >= 0.3 is 12.0 Å². The fraction of sp³-hybridized carbons (Fsp3) is 0.846. The van der Waals surface area contributed by atoms with E-state index in [0.717, 1.165) is 25.9 Å². The molecule has 19 heavy (non-hydrogen) atoms. The normalized spacial score (nSPS) is 17.8. The molecule has 0 radical (unpaired) electrons. The lowest BCUT2D eigenvalue weighted by Gasteiger charge is -2.34. The SMILES string of the molecule is CCC(CC(=O)O)NC(=O)N(CC)C1CCNCC1. The Labute approximate surface area is 114 Å². The van der Waals surface area contributed by atoms with Crippen molar-refractivity contribution in [3.05, 3.63) is 0 Å². The highest BCUT2D eigenvalue weighted by Gasteiger charge is 2.25. The van der Waals surface area contributed by atoms with E-state index in [2.05, 4.69) is 10.6 Å². The lowest BCUT2D eigenvalue weighted by molar-refractivity contribution is -0.137. The third-order valence-electron chi connectivity index (χ3n) is 3.59. The monoisotopic (exact) mass is 271 g/mol. The Balaban J connectivity index is 2.54. The Morgan fingerprint density at radius 2 is 2.00 bits per heavy atom. The van der Waals surface area contributed by atoms with Crippen molar-refractivity contribution in [2.24, 2.45) is 0 Å². The topological polar surface area (TPSA) is 81.7 Å². The Morgan fingerprint density at radius 1 is 1.37 bits per heavy atom. The van der Waals surface area contributed by atoms with Crippen LogP contribution in [0, 0.1) is 0 Å². The standard InChI is InChI=1S/C13H25N3O3/c1-3-10(9-12(17)18)15-13(19)16(4-2)11-5-7-14-8-6-11/h10-11,14H,3-9H2,1-2H3,(H,15,19)(H,17,18). The molecule has 1 rings (SSSR count). The Kier molecular flexibility index (Phi) is 6.62. The van der Waals surface area contributed by atoms with E-state index >= 15 is 0 Å². The minimum atomic E-state index is -0.878. The Morgan fingerprint density at radius 3 is 2.47 bits per heavy atom. The number of carboxylic acid groups (broad SMARTS) is 1. The second kappa shape index (κ2) is 7.99. The van der Waals surface area contributed by atoms with Crippen molar-refractivity contribution in [3.8, 4) is 0 Å². The molecule has 6 nitrogen and oxygen atoms in total. The van der Waals surface area contributed by atoms with E-state index in [1.807, 2.05) is 18.7 Å². The van der Waals surface area contributed by atoms with E-state index in [1.54, 1.807) is 0 Å². The first-order valence-corrected chi connectivity index (χ1v) is 7.08. The number of hydrogen-bond donors (Lipinski definition) is 3.